The van der Waals surface area contributed by atoms with Gasteiger partial charge in [0.1, 0.15) is 10.9 Å². The third-order valence-corrected chi connectivity index (χ3v) is 4.77. The number of nitrogens with zero attached hydrogens (tertiary/aromatic N) is 6. The molecule has 130 valence electrons. The summed E-state index contributed by atoms with van der Waals surface area (Å²) >= 11 is 1.52. The predicted molar refractivity (Wildman–Crippen MR) is 98.6 cm³/mol. The molecule has 0 N–H and O–H groups in total. The predicted octanol–water partition coefficient (Wildman–Crippen LogP) is 4.07. The zero-order valence-corrected chi connectivity index (χ0v) is 15.9. The molecule has 0 aliphatic heterocycles. The van der Waals surface area contributed by atoms with Gasteiger partial charge in [-0.1, -0.05) is 27.7 Å². The Hall–Kier alpha value is -2.28. The minimum Gasteiger partial charge on any atom is -0.305 e. The van der Waals surface area contributed by atoms with Crippen molar-refractivity contribution in [1.82, 2.24) is 29.7 Å². The number of hydrogen-bond donors (Lipinski definition) is 0. The van der Waals surface area contributed by atoms with Gasteiger partial charge in [-0.2, -0.15) is 0 Å². The van der Waals surface area contributed by atoms with Crippen molar-refractivity contribution >= 4 is 11.8 Å². The minimum absolute atomic E-state index is 0.282. The summed E-state index contributed by atoms with van der Waals surface area (Å²) in [5.74, 6) is 2.31. The lowest BCUT2D eigenvalue weighted by atomic mass is 10.1. The second-order valence-corrected chi connectivity index (χ2v) is 7.49. The molecule has 3 aromatic rings. The molecule has 7 heteroatoms. The normalized spacial score (nSPS) is 11.5. The number of hydrogen-bond acceptors (Lipinski definition) is 6. The Morgan fingerprint density at radius 3 is 2.32 bits per heavy atom. The summed E-state index contributed by atoms with van der Waals surface area (Å²) in [5, 5.41) is 10.4. The van der Waals surface area contributed by atoms with Crippen molar-refractivity contribution in [3.8, 4) is 11.4 Å². The van der Waals surface area contributed by atoms with E-state index in [1.807, 2.05) is 29.8 Å². The van der Waals surface area contributed by atoms with Gasteiger partial charge in [0, 0.05) is 36.6 Å². The van der Waals surface area contributed by atoms with Crippen molar-refractivity contribution in [3.05, 3.63) is 42.1 Å². The third-order valence-electron chi connectivity index (χ3n) is 3.82. The molecule has 0 amide bonds. The van der Waals surface area contributed by atoms with Crippen molar-refractivity contribution in [2.24, 2.45) is 7.05 Å². The first-order valence-corrected chi connectivity index (χ1v) is 9.14. The maximum atomic E-state index is 4.69. The van der Waals surface area contributed by atoms with Crippen LogP contribution in [0.2, 0.25) is 0 Å². The van der Waals surface area contributed by atoms with Crippen LogP contribution in [-0.4, -0.2) is 29.7 Å². The molecule has 0 aliphatic carbocycles. The van der Waals surface area contributed by atoms with Gasteiger partial charge in [-0.05, 0) is 35.9 Å². The van der Waals surface area contributed by atoms with Crippen molar-refractivity contribution in [3.63, 3.8) is 0 Å². The van der Waals surface area contributed by atoms with Crippen molar-refractivity contribution < 1.29 is 0 Å². The molecule has 6 nitrogen and oxygen atoms in total. The van der Waals surface area contributed by atoms with Crippen LogP contribution in [0.3, 0.4) is 0 Å². The lowest BCUT2D eigenvalue weighted by molar-refractivity contribution is 0.707. The summed E-state index contributed by atoms with van der Waals surface area (Å²) in [6, 6.07) is 5.90. The zero-order valence-electron chi connectivity index (χ0n) is 15.1. The molecule has 0 unspecified atom stereocenters. The van der Waals surface area contributed by atoms with Gasteiger partial charge in [-0.25, -0.2) is 9.97 Å². The molecule has 0 radical (unpaired) electrons. The summed E-state index contributed by atoms with van der Waals surface area (Å²) in [4.78, 5) is 13.4. The van der Waals surface area contributed by atoms with E-state index in [2.05, 4.69) is 47.9 Å². The molecule has 3 heterocycles. The first-order chi connectivity index (χ1) is 12.0. The Labute approximate surface area is 152 Å². The van der Waals surface area contributed by atoms with Gasteiger partial charge in [0.2, 0.25) is 0 Å². The molecule has 0 saturated carbocycles. The fraction of sp³-hybridized carbons (Fsp3) is 0.389. The van der Waals surface area contributed by atoms with Crippen LogP contribution in [0.25, 0.3) is 11.4 Å². The molecule has 25 heavy (non-hydrogen) atoms. The molecular formula is C18H22N6S. The highest BCUT2D eigenvalue weighted by Gasteiger charge is 2.15. The van der Waals surface area contributed by atoms with E-state index in [-0.39, 0.29) is 5.92 Å². The van der Waals surface area contributed by atoms with E-state index in [0.29, 0.717) is 5.92 Å². The molecule has 0 aromatic carbocycles. The molecule has 0 spiro atoms. The largest absolute Gasteiger partial charge is 0.305 e. The summed E-state index contributed by atoms with van der Waals surface area (Å²) in [7, 11) is 1.96. The maximum absolute atomic E-state index is 4.69. The van der Waals surface area contributed by atoms with Crippen molar-refractivity contribution in [2.45, 2.75) is 49.7 Å². The first-order valence-electron chi connectivity index (χ1n) is 8.32. The third kappa shape index (κ3) is 3.87. The Morgan fingerprint density at radius 2 is 1.68 bits per heavy atom. The smallest absolute Gasteiger partial charge is 0.197 e. The molecule has 0 bridgehead atoms. The average molecular weight is 354 g/mol. The Morgan fingerprint density at radius 1 is 0.960 bits per heavy atom. The molecule has 3 rings (SSSR count). The summed E-state index contributed by atoms with van der Waals surface area (Å²) in [6.07, 6.45) is 3.51. The number of rotatable bonds is 5. The second-order valence-electron chi connectivity index (χ2n) is 6.50. The Bertz CT molecular complexity index is 831. The highest BCUT2D eigenvalue weighted by Crippen LogP contribution is 2.29. The topological polar surface area (TPSA) is 69.4 Å². The standard InChI is InChI=1S/C18H22N6S/c1-11(2)14-10-15(21-16(20-14)12(3)4)25-18-23-22-17(24(18)5)13-6-8-19-9-7-13/h6-12H,1-5H3. The van der Waals surface area contributed by atoms with Crippen LogP contribution in [0.4, 0.5) is 0 Å². The number of pyridine rings is 1. The van der Waals surface area contributed by atoms with Crippen LogP contribution in [0.1, 0.15) is 51.0 Å². The summed E-state index contributed by atoms with van der Waals surface area (Å²) in [6.45, 7) is 8.50. The molecule has 0 atom stereocenters. The number of aromatic nitrogens is 6. The van der Waals surface area contributed by atoms with Crippen molar-refractivity contribution in [1.29, 1.82) is 0 Å². The van der Waals surface area contributed by atoms with E-state index in [0.717, 1.165) is 33.1 Å². The van der Waals surface area contributed by atoms with Crippen molar-refractivity contribution in [2.75, 3.05) is 0 Å². The lowest BCUT2D eigenvalue weighted by Gasteiger charge is -2.11. The van der Waals surface area contributed by atoms with Gasteiger partial charge in [0.25, 0.3) is 0 Å². The fourth-order valence-electron chi connectivity index (χ4n) is 2.32. The van der Waals surface area contributed by atoms with E-state index in [1.54, 1.807) is 12.4 Å². The second kappa shape index (κ2) is 7.31. The monoisotopic (exact) mass is 354 g/mol. The quantitative estimate of drug-likeness (QED) is 0.643. The molecule has 3 aromatic heterocycles. The average Bonchev–Trinajstić information content (AvgIpc) is 2.96. The van der Waals surface area contributed by atoms with Crippen LogP contribution in [-0.2, 0) is 7.05 Å². The minimum atomic E-state index is 0.282. The van der Waals surface area contributed by atoms with E-state index >= 15 is 0 Å². The van der Waals surface area contributed by atoms with Gasteiger partial charge in [-0.3, -0.25) is 4.98 Å². The zero-order chi connectivity index (χ0) is 18.0. The van der Waals surface area contributed by atoms with Crippen LogP contribution in [0.15, 0.2) is 40.8 Å². The highest BCUT2D eigenvalue weighted by atomic mass is 32.2. The van der Waals surface area contributed by atoms with Crippen LogP contribution in [0, 0.1) is 0 Å². The Balaban J connectivity index is 1.94. The lowest BCUT2D eigenvalue weighted by Crippen LogP contribution is -2.04. The van der Waals surface area contributed by atoms with Gasteiger partial charge >= 0.3 is 0 Å². The fourth-order valence-corrected chi connectivity index (χ4v) is 3.13. The van der Waals surface area contributed by atoms with Crippen LogP contribution >= 0.6 is 11.8 Å². The van der Waals surface area contributed by atoms with Gasteiger partial charge < -0.3 is 4.57 Å². The summed E-state index contributed by atoms with van der Waals surface area (Å²) < 4.78 is 1.98. The molecule has 0 saturated heterocycles. The molecule has 0 fully saturated rings. The van der Waals surface area contributed by atoms with Gasteiger partial charge in [0.15, 0.2) is 11.0 Å². The maximum Gasteiger partial charge on any atom is 0.197 e. The summed E-state index contributed by atoms with van der Waals surface area (Å²) in [5.41, 5.74) is 2.04. The Kier molecular flexibility index (Phi) is 5.13. The van der Waals surface area contributed by atoms with E-state index < -0.39 is 0 Å². The van der Waals surface area contributed by atoms with Crippen LogP contribution < -0.4 is 0 Å². The van der Waals surface area contributed by atoms with E-state index in [4.69, 9.17) is 4.98 Å². The van der Waals surface area contributed by atoms with Gasteiger partial charge in [-0.15, -0.1) is 10.2 Å². The van der Waals surface area contributed by atoms with E-state index in [1.165, 1.54) is 11.8 Å². The molecule has 0 aliphatic rings. The van der Waals surface area contributed by atoms with Crippen LogP contribution in [0.5, 0.6) is 0 Å². The first kappa shape index (κ1) is 17.5. The van der Waals surface area contributed by atoms with E-state index in [9.17, 15) is 0 Å². The highest BCUT2D eigenvalue weighted by molar-refractivity contribution is 7.99. The SMILES string of the molecule is CC(C)c1cc(Sc2nnc(-c3ccncc3)n2C)nc(C(C)C)n1. The van der Waals surface area contributed by atoms with Gasteiger partial charge in [0.05, 0.1) is 0 Å². The molecular weight excluding hydrogens is 332 g/mol.